The molecule has 2 aliphatic rings. The van der Waals surface area contributed by atoms with Crippen LogP contribution >= 0.6 is 0 Å². The molecule has 7 rings (SSSR count). The van der Waals surface area contributed by atoms with Crippen molar-refractivity contribution in [3.05, 3.63) is 100 Å². The SMILES string of the molecule is COC(=O)NCC(=O)N1CCCC1CCCc1cc(=O)c2ccc(-c3ccc4c(c3)C(F)(F)c3cc(-c5cnc[nH]5)ccc3-4)cc2[nH]1. The molecule has 47 heavy (non-hydrogen) atoms. The fourth-order valence-corrected chi connectivity index (χ4v) is 6.92. The number of nitrogens with zero attached hydrogens (tertiary/aromatic N) is 2. The summed E-state index contributed by atoms with van der Waals surface area (Å²) in [4.78, 5) is 49.2. The first-order chi connectivity index (χ1) is 22.7. The Morgan fingerprint density at radius 3 is 2.49 bits per heavy atom. The Morgan fingerprint density at radius 2 is 1.74 bits per heavy atom. The van der Waals surface area contributed by atoms with E-state index in [1.54, 1.807) is 42.6 Å². The van der Waals surface area contributed by atoms with Gasteiger partial charge in [-0.3, -0.25) is 9.59 Å². The molecule has 3 aromatic carbocycles. The van der Waals surface area contributed by atoms with Gasteiger partial charge in [-0.2, -0.15) is 8.78 Å². The lowest BCUT2D eigenvalue weighted by Crippen LogP contribution is -2.42. The summed E-state index contributed by atoms with van der Waals surface area (Å²) < 4.78 is 36.3. The molecule has 1 saturated heterocycles. The Hall–Kier alpha value is -5.32. The average Bonchev–Trinajstić information content (AvgIpc) is 3.83. The number of carbonyl (C=O) groups excluding carboxylic acids is 2. The van der Waals surface area contributed by atoms with Crippen LogP contribution in [-0.4, -0.2) is 58.1 Å². The molecule has 0 spiro atoms. The van der Waals surface area contributed by atoms with Crippen molar-refractivity contribution in [2.75, 3.05) is 20.2 Å². The molecule has 1 atom stereocenters. The quantitative estimate of drug-likeness (QED) is 0.183. The number of alkyl carbamates (subject to hydrolysis) is 1. The number of ether oxygens (including phenoxy) is 1. The lowest BCUT2D eigenvalue weighted by molar-refractivity contribution is -0.131. The van der Waals surface area contributed by atoms with Crippen molar-refractivity contribution in [2.24, 2.45) is 0 Å². The third kappa shape index (κ3) is 5.66. The number of fused-ring (bicyclic) bond motifs is 4. The smallest absolute Gasteiger partial charge is 0.407 e. The zero-order chi connectivity index (χ0) is 32.7. The van der Waals surface area contributed by atoms with Gasteiger partial charge >= 0.3 is 6.09 Å². The van der Waals surface area contributed by atoms with E-state index in [0.717, 1.165) is 36.9 Å². The van der Waals surface area contributed by atoms with E-state index in [1.807, 2.05) is 23.1 Å². The van der Waals surface area contributed by atoms with Gasteiger partial charge in [0.05, 0.1) is 30.8 Å². The second kappa shape index (κ2) is 12.1. The van der Waals surface area contributed by atoms with Gasteiger partial charge in [0.25, 0.3) is 5.92 Å². The van der Waals surface area contributed by atoms with Crippen LogP contribution < -0.4 is 10.7 Å². The van der Waals surface area contributed by atoms with E-state index in [4.69, 9.17) is 0 Å². The van der Waals surface area contributed by atoms with Gasteiger partial charge in [-0.1, -0.05) is 30.3 Å². The minimum absolute atomic E-state index is 0.0350. The molecule has 0 radical (unpaired) electrons. The number of likely N-dealkylation sites (tertiary alicyclic amines) is 1. The predicted molar refractivity (Wildman–Crippen MR) is 174 cm³/mol. The molecule has 240 valence electrons. The van der Waals surface area contributed by atoms with E-state index in [0.29, 0.717) is 51.8 Å². The summed E-state index contributed by atoms with van der Waals surface area (Å²) in [5.41, 5.74) is 4.89. The van der Waals surface area contributed by atoms with Gasteiger partial charge in [0, 0.05) is 46.4 Å². The molecule has 1 unspecified atom stereocenters. The Morgan fingerprint density at radius 1 is 1.02 bits per heavy atom. The van der Waals surface area contributed by atoms with Crippen LogP contribution in [-0.2, 0) is 21.9 Å². The monoisotopic (exact) mass is 637 g/mol. The number of halogens is 2. The van der Waals surface area contributed by atoms with Crippen molar-refractivity contribution in [3.8, 4) is 33.5 Å². The summed E-state index contributed by atoms with van der Waals surface area (Å²) in [7, 11) is 1.25. The molecule has 9 nitrogen and oxygen atoms in total. The topological polar surface area (TPSA) is 120 Å². The predicted octanol–water partition coefficient (Wildman–Crippen LogP) is 6.38. The molecule has 1 aliphatic heterocycles. The molecule has 2 amide bonds. The van der Waals surface area contributed by atoms with Gasteiger partial charge in [0.2, 0.25) is 5.91 Å². The summed E-state index contributed by atoms with van der Waals surface area (Å²) in [6.45, 7) is 0.542. The summed E-state index contributed by atoms with van der Waals surface area (Å²) >= 11 is 0. The van der Waals surface area contributed by atoms with Gasteiger partial charge in [-0.15, -0.1) is 0 Å². The Kier molecular flexibility index (Phi) is 7.83. The highest BCUT2D eigenvalue weighted by atomic mass is 19.3. The number of aromatic amines is 2. The number of carbonyl (C=O) groups is 2. The lowest BCUT2D eigenvalue weighted by atomic mass is 9.97. The van der Waals surface area contributed by atoms with Gasteiger partial charge < -0.3 is 24.9 Å². The largest absolute Gasteiger partial charge is 0.453 e. The third-order valence-corrected chi connectivity index (χ3v) is 9.28. The van der Waals surface area contributed by atoms with Crippen LogP contribution in [0.2, 0.25) is 0 Å². The van der Waals surface area contributed by atoms with E-state index in [-0.39, 0.29) is 35.0 Å². The molecule has 0 bridgehead atoms. The van der Waals surface area contributed by atoms with Crippen molar-refractivity contribution in [2.45, 2.75) is 44.1 Å². The number of aryl methyl sites for hydroxylation is 1. The zero-order valence-corrected chi connectivity index (χ0v) is 25.7. The summed E-state index contributed by atoms with van der Waals surface area (Å²) in [6.07, 6.45) is 6.40. The van der Waals surface area contributed by atoms with Crippen LogP contribution in [0.1, 0.15) is 42.5 Å². The minimum Gasteiger partial charge on any atom is -0.453 e. The molecule has 1 fully saturated rings. The molecular weight excluding hydrogens is 604 g/mol. The number of nitrogens with one attached hydrogen (secondary N) is 3. The number of amides is 2. The molecule has 3 heterocycles. The number of benzene rings is 3. The maximum atomic E-state index is 15.9. The normalized spacial score (nSPS) is 16.2. The second-order valence-corrected chi connectivity index (χ2v) is 12.1. The Bertz CT molecular complexity index is 2060. The first-order valence-corrected chi connectivity index (χ1v) is 15.7. The van der Waals surface area contributed by atoms with Crippen LogP contribution in [0.15, 0.2) is 78.0 Å². The number of pyridine rings is 1. The number of alkyl halides is 2. The van der Waals surface area contributed by atoms with Gasteiger partial charge in [0.15, 0.2) is 5.43 Å². The first-order valence-electron chi connectivity index (χ1n) is 15.7. The van der Waals surface area contributed by atoms with Crippen LogP contribution in [0.4, 0.5) is 13.6 Å². The number of hydrogen-bond donors (Lipinski definition) is 3. The van der Waals surface area contributed by atoms with Crippen LogP contribution in [0, 0.1) is 0 Å². The van der Waals surface area contributed by atoms with E-state index in [1.165, 1.54) is 19.5 Å². The number of H-pyrrole nitrogens is 2. The van der Waals surface area contributed by atoms with Gasteiger partial charge in [-0.05, 0) is 78.6 Å². The van der Waals surface area contributed by atoms with E-state index in [2.05, 4.69) is 25.0 Å². The Balaban J connectivity index is 1.08. The molecule has 3 N–H and O–H groups in total. The molecule has 2 aromatic heterocycles. The number of aromatic nitrogens is 3. The van der Waals surface area contributed by atoms with Gasteiger partial charge in [0.1, 0.15) is 6.54 Å². The standard InChI is InChI=1S/C36H33F2N5O4/c1-47-35(46)40-19-34(45)43-13-3-6-25(43)5-2-4-24-17-33(44)28-12-8-22(16-31(28)42-24)21-7-10-26-27-11-9-23(32-18-39-20-41-32)15-30(27)36(37,38)29(26)14-21/h7-12,14-18,20,25H,2-6,13,19H2,1H3,(H,39,41)(H,40,46)(H,42,44). The molecule has 11 heteroatoms. The van der Waals surface area contributed by atoms with Crippen molar-refractivity contribution in [1.82, 2.24) is 25.2 Å². The van der Waals surface area contributed by atoms with Gasteiger partial charge in [-0.25, -0.2) is 9.78 Å². The number of methoxy groups -OCH3 is 1. The molecule has 1 aliphatic carbocycles. The highest BCUT2D eigenvalue weighted by Gasteiger charge is 2.44. The molecule has 5 aromatic rings. The zero-order valence-electron chi connectivity index (χ0n) is 25.7. The highest BCUT2D eigenvalue weighted by molar-refractivity contribution is 5.88. The maximum Gasteiger partial charge on any atom is 0.407 e. The molecular formula is C36H33F2N5O4. The average molecular weight is 638 g/mol. The number of hydrogen-bond acceptors (Lipinski definition) is 5. The summed E-state index contributed by atoms with van der Waals surface area (Å²) in [5, 5.41) is 2.97. The van der Waals surface area contributed by atoms with E-state index >= 15 is 8.78 Å². The van der Waals surface area contributed by atoms with Crippen molar-refractivity contribution in [3.63, 3.8) is 0 Å². The fraction of sp³-hybridized carbons (Fsp3) is 0.278. The van der Waals surface area contributed by atoms with E-state index in [9.17, 15) is 14.4 Å². The number of rotatable bonds is 8. The van der Waals surface area contributed by atoms with Crippen molar-refractivity contribution in [1.29, 1.82) is 0 Å². The molecule has 0 saturated carbocycles. The summed E-state index contributed by atoms with van der Waals surface area (Å²) in [5.74, 6) is -3.32. The first kappa shape index (κ1) is 30.3. The summed E-state index contributed by atoms with van der Waals surface area (Å²) in [6, 6.07) is 17.2. The fourth-order valence-electron chi connectivity index (χ4n) is 6.92. The van der Waals surface area contributed by atoms with Crippen molar-refractivity contribution >= 4 is 22.9 Å². The lowest BCUT2D eigenvalue weighted by Gasteiger charge is -2.24. The van der Waals surface area contributed by atoms with Crippen LogP contribution in [0.5, 0.6) is 0 Å². The second-order valence-electron chi connectivity index (χ2n) is 12.1. The van der Waals surface area contributed by atoms with E-state index < -0.39 is 12.0 Å². The maximum absolute atomic E-state index is 15.9. The van der Waals surface area contributed by atoms with Crippen LogP contribution in [0.3, 0.4) is 0 Å². The minimum atomic E-state index is -3.17. The number of imidazole rings is 1. The van der Waals surface area contributed by atoms with Crippen LogP contribution in [0.25, 0.3) is 44.4 Å². The third-order valence-electron chi connectivity index (χ3n) is 9.28. The van der Waals surface area contributed by atoms with Crippen molar-refractivity contribution < 1.29 is 23.1 Å². The Labute approximate surface area is 269 Å². The highest BCUT2D eigenvalue weighted by Crippen LogP contribution is 2.52.